The highest BCUT2D eigenvalue weighted by Crippen LogP contribution is 2.36. The van der Waals surface area contributed by atoms with Crippen molar-refractivity contribution >= 4 is 39.2 Å². The number of nitrogens with zero attached hydrogens (tertiary/aromatic N) is 1. The predicted molar refractivity (Wildman–Crippen MR) is 102 cm³/mol. The molecule has 0 amide bonds. The van der Waals surface area contributed by atoms with Gasteiger partial charge in [-0.3, -0.25) is 0 Å². The fraction of sp³-hybridized carbons (Fsp3) is 0.353. The number of thiophene rings is 1. The molecule has 25 heavy (non-hydrogen) atoms. The lowest BCUT2D eigenvalue weighted by atomic mass is 10.2. The summed E-state index contributed by atoms with van der Waals surface area (Å²) in [5.74, 6) is 1.25. The fourth-order valence-electron chi connectivity index (χ4n) is 1.91. The summed E-state index contributed by atoms with van der Waals surface area (Å²) < 4.78 is 39.5. The first-order valence-electron chi connectivity index (χ1n) is 7.76. The Labute approximate surface area is 157 Å². The van der Waals surface area contributed by atoms with Crippen LogP contribution >= 0.6 is 22.9 Å². The number of benzene rings is 1. The summed E-state index contributed by atoms with van der Waals surface area (Å²) in [5.41, 5.74) is 0.519. The van der Waals surface area contributed by atoms with Crippen LogP contribution in [0.4, 0.5) is 0 Å². The van der Waals surface area contributed by atoms with E-state index in [1.165, 1.54) is 12.3 Å². The first-order valence-corrected chi connectivity index (χ1v) is 10.5. The quantitative estimate of drug-likeness (QED) is 0.604. The number of hydrogen-bond acceptors (Lipinski definition) is 5. The maximum atomic E-state index is 12.1. The minimum Gasteiger partial charge on any atom is -0.490 e. The van der Waals surface area contributed by atoms with E-state index in [9.17, 15) is 8.42 Å². The van der Waals surface area contributed by atoms with E-state index in [1.54, 1.807) is 23.6 Å². The molecule has 5 nitrogen and oxygen atoms in total. The van der Waals surface area contributed by atoms with Crippen LogP contribution in [0, 0.1) is 5.92 Å². The Hall–Kier alpha value is -1.57. The van der Waals surface area contributed by atoms with E-state index in [1.807, 2.05) is 20.8 Å². The van der Waals surface area contributed by atoms with Gasteiger partial charge in [-0.05, 0) is 42.0 Å². The molecule has 0 aliphatic rings. The molecular weight excluding hydrogens is 382 g/mol. The molecule has 0 saturated carbocycles. The fourth-order valence-corrected chi connectivity index (χ4v) is 4.03. The molecule has 2 aromatic rings. The molecular formula is C17H20ClNO4S2. The highest BCUT2D eigenvalue weighted by molar-refractivity contribution is 7.92. The lowest BCUT2D eigenvalue weighted by Crippen LogP contribution is -2.07. The molecule has 1 aromatic carbocycles. The third kappa shape index (κ3) is 5.45. The van der Waals surface area contributed by atoms with Crippen LogP contribution in [0.25, 0.3) is 0 Å². The van der Waals surface area contributed by atoms with Gasteiger partial charge in [0.15, 0.2) is 11.5 Å². The van der Waals surface area contributed by atoms with E-state index >= 15 is 0 Å². The monoisotopic (exact) mass is 401 g/mol. The molecule has 0 bridgehead atoms. The van der Waals surface area contributed by atoms with E-state index in [0.29, 0.717) is 41.2 Å². The lowest BCUT2D eigenvalue weighted by Gasteiger charge is -2.15. The molecule has 0 spiro atoms. The zero-order chi connectivity index (χ0) is 18.4. The van der Waals surface area contributed by atoms with Crippen LogP contribution in [0.5, 0.6) is 11.5 Å². The molecule has 0 fully saturated rings. The summed E-state index contributed by atoms with van der Waals surface area (Å²) >= 11 is 7.41. The summed E-state index contributed by atoms with van der Waals surface area (Å²) in [4.78, 5) is 0. The molecule has 0 N–H and O–H groups in total. The van der Waals surface area contributed by atoms with Gasteiger partial charge in [-0.15, -0.1) is 11.3 Å². The molecule has 8 heteroatoms. The molecule has 0 radical (unpaired) electrons. The number of rotatable bonds is 8. The third-order valence-electron chi connectivity index (χ3n) is 2.98. The average Bonchev–Trinajstić information content (AvgIpc) is 3.07. The molecule has 0 aliphatic heterocycles. The molecule has 0 unspecified atom stereocenters. The third-order valence-corrected chi connectivity index (χ3v) is 5.87. The normalized spacial score (nSPS) is 12.0. The summed E-state index contributed by atoms with van der Waals surface area (Å²) in [6, 6.07) is 6.45. The second-order valence-electron chi connectivity index (χ2n) is 5.61. The summed E-state index contributed by atoms with van der Waals surface area (Å²) in [6.45, 7) is 6.85. The van der Waals surface area contributed by atoms with Crippen molar-refractivity contribution in [1.82, 2.24) is 0 Å². The maximum absolute atomic E-state index is 12.1. The second-order valence-corrected chi connectivity index (χ2v) is 8.82. The van der Waals surface area contributed by atoms with Crippen molar-refractivity contribution < 1.29 is 17.9 Å². The lowest BCUT2D eigenvalue weighted by molar-refractivity contribution is 0.248. The smallest absolute Gasteiger partial charge is 0.291 e. The SMILES string of the molecule is CCOc1cc(/C=N\S(=O)(=O)c2cccs2)cc(Cl)c1OCC(C)C. The molecule has 2 rings (SSSR count). The molecule has 0 atom stereocenters. The second kappa shape index (κ2) is 8.69. The highest BCUT2D eigenvalue weighted by Gasteiger charge is 2.15. The zero-order valence-electron chi connectivity index (χ0n) is 14.2. The van der Waals surface area contributed by atoms with Gasteiger partial charge in [-0.2, -0.15) is 12.8 Å². The van der Waals surface area contributed by atoms with Gasteiger partial charge in [-0.1, -0.05) is 31.5 Å². The minimum absolute atomic E-state index is 0.191. The summed E-state index contributed by atoms with van der Waals surface area (Å²) in [6.07, 6.45) is 1.26. The molecule has 0 aliphatic carbocycles. The number of sulfonamides is 1. The topological polar surface area (TPSA) is 65.0 Å². The van der Waals surface area contributed by atoms with Crippen LogP contribution in [0.2, 0.25) is 5.02 Å². The Kier molecular flexibility index (Phi) is 6.87. The van der Waals surface area contributed by atoms with Crippen molar-refractivity contribution in [2.75, 3.05) is 13.2 Å². The first kappa shape index (κ1) is 19.8. The highest BCUT2D eigenvalue weighted by atomic mass is 35.5. The van der Waals surface area contributed by atoms with E-state index in [-0.39, 0.29) is 4.21 Å². The maximum Gasteiger partial charge on any atom is 0.291 e. The molecule has 0 saturated heterocycles. The molecule has 1 aromatic heterocycles. The van der Waals surface area contributed by atoms with Crippen LogP contribution in [-0.2, 0) is 10.0 Å². The van der Waals surface area contributed by atoms with Crippen LogP contribution < -0.4 is 9.47 Å². The van der Waals surface area contributed by atoms with E-state index in [2.05, 4.69) is 4.40 Å². The largest absolute Gasteiger partial charge is 0.490 e. The number of ether oxygens (including phenoxy) is 2. The van der Waals surface area contributed by atoms with Gasteiger partial charge in [-0.25, -0.2) is 0 Å². The van der Waals surface area contributed by atoms with Crippen LogP contribution in [-0.4, -0.2) is 27.8 Å². The van der Waals surface area contributed by atoms with Crippen molar-refractivity contribution in [3.8, 4) is 11.5 Å². The molecule has 1 heterocycles. The van der Waals surface area contributed by atoms with Crippen LogP contribution in [0.15, 0.2) is 38.3 Å². The molecule has 136 valence electrons. The average molecular weight is 402 g/mol. The summed E-state index contributed by atoms with van der Waals surface area (Å²) in [5, 5.41) is 2.04. The van der Waals surface area contributed by atoms with Crippen molar-refractivity contribution in [2.24, 2.45) is 10.3 Å². The van der Waals surface area contributed by atoms with Crippen LogP contribution in [0.1, 0.15) is 26.3 Å². The number of halogens is 1. The Balaban J connectivity index is 2.31. The van der Waals surface area contributed by atoms with Crippen molar-refractivity contribution in [1.29, 1.82) is 0 Å². The Morgan fingerprint density at radius 1 is 1.32 bits per heavy atom. The Morgan fingerprint density at radius 2 is 2.08 bits per heavy atom. The Bertz CT molecular complexity index is 831. The predicted octanol–water partition coefficient (Wildman–Crippen LogP) is 4.64. The van der Waals surface area contributed by atoms with Gasteiger partial charge in [0.25, 0.3) is 10.0 Å². The number of hydrogen-bond donors (Lipinski definition) is 0. The standard InChI is InChI=1S/C17H20ClNO4S2/c1-4-22-15-9-13(8-14(18)17(15)23-11-12(2)3)10-19-25(20,21)16-6-5-7-24-16/h5-10,12H,4,11H2,1-3H3/b19-10-. The van der Waals surface area contributed by atoms with Gasteiger partial charge in [0.2, 0.25) is 0 Å². The van der Waals surface area contributed by atoms with Gasteiger partial charge >= 0.3 is 0 Å². The van der Waals surface area contributed by atoms with Crippen molar-refractivity contribution in [3.63, 3.8) is 0 Å². The van der Waals surface area contributed by atoms with Gasteiger partial charge in [0.1, 0.15) is 4.21 Å². The van der Waals surface area contributed by atoms with Gasteiger partial charge in [0, 0.05) is 6.21 Å². The first-order chi connectivity index (χ1) is 11.8. The van der Waals surface area contributed by atoms with Crippen molar-refractivity contribution in [3.05, 3.63) is 40.2 Å². The zero-order valence-corrected chi connectivity index (χ0v) is 16.6. The van der Waals surface area contributed by atoms with Crippen molar-refractivity contribution in [2.45, 2.75) is 25.0 Å². The minimum atomic E-state index is -3.71. The van der Waals surface area contributed by atoms with E-state index in [0.717, 1.165) is 11.3 Å². The van der Waals surface area contributed by atoms with E-state index < -0.39 is 10.0 Å². The van der Waals surface area contributed by atoms with Gasteiger partial charge < -0.3 is 9.47 Å². The summed E-state index contributed by atoms with van der Waals surface area (Å²) in [7, 11) is -3.71. The van der Waals surface area contributed by atoms with Crippen LogP contribution in [0.3, 0.4) is 0 Å². The Morgan fingerprint density at radius 3 is 2.68 bits per heavy atom. The van der Waals surface area contributed by atoms with E-state index in [4.69, 9.17) is 21.1 Å². The van der Waals surface area contributed by atoms with Gasteiger partial charge in [0.05, 0.1) is 18.2 Å².